The number of aromatic nitrogens is 2. The number of rotatable bonds is 6. The SMILES string of the molecule is Cc1noc([C@]23CN(CCO)CC[C@H]2CN(CCc2ccccc2)C3)n1. The minimum absolute atomic E-state index is 0.106. The van der Waals surface area contributed by atoms with E-state index in [0.717, 1.165) is 51.5 Å². The second kappa shape index (κ2) is 7.47. The molecule has 3 heterocycles. The van der Waals surface area contributed by atoms with Crippen LogP contribution < -0.4 is 0 Å². The Morgan fingerprint density at radius 3 is 2.73 bits per heavy atom. The van der Waals surface area contributed by atoms with Crippen LogP contribution >= 0.6 is 0 Å². The van der Waals surface area contributed by atoms with Gasteiger partial charge in [0.15, 0.2) is 5.82 Å². The molecule has 0 aliphatic carbocycles. The van der Waals surface area contributed by atoms with Crippen LogP contribution in [0, 0.1) is 12.8 Å². The third-order valence-electron chi connectivity index (χ3n) is 5.99. The normalized spacial score (nSPS) is 26.9. The predicted molar refractivity (Wildman–Crippen MR) is 98.9 cm³/mol. The minimum Gasteiger partial charge on any atom is -0.395 e. The number of likely N-dealkylation sites (tertiary alicyclic amines) is 2. The first-order chi connectivity index (χ1) is 12.7. The Bertz CT molecular complexity index is 720. The van der Waals surface area contributed by atoms with Gasteiger partial charge in [0.1, 0.15) is 0 Å². The van der Waals surface area contributed by atoms with Gasteiger partial charge >= 0.3 is 0 Å². The summed E-state index contributed by atoms with van der Waals surface area (Å²) in [7, 11) is 0. The molecule has 4 rings (SSSR count). The maximum atomic E-state index is 9.38. The molecule has 2 saturated heterocycles. The van der Waals surface area contributed by atoms with Gasteiger partial charge in [-0.3, -0.25) is 4.90 Å². The lowest BCUT2D eigenvalue weighted by Gasteiger charge is -2.41. The number of fused-ring (bicyclic) bond motifs is 1. The van der Waals surface area contributed by atoms with Crippen LogP contribution in [0.25, 0.3) is 0 Å². The van der Waals surface area contributed by atoms with E-state index in [4.69, 9.17) is 4.52 Å². The Hall–Kier alpha value is -1.76. The lowest BCUT2D eigenvalue weighted by Crippen LogP contribution is -2.52. The molecule has 2 aliphatic rings. The van der Waals surface area contributed by atoms with Crippen LogP contribution in [-0.4, -0.2) is 70.9 Å². The first kappa shape index (κ1) is 17.6. The maximum Gasteiger partial charge on any atom is 0.235 e. The van der Waals surface area contributed by atoms with Gasteiger partial charge in [-0.05, 0) is 37.8 Å². The van der Waals surface area contributed by atoms with E-state index in [2.05, 4.69) is 50.3 Å². The smallest absolute Gasteiger partial charge is 0.235 e. The quantitative estimate of drug-likeness (QED) is 0.846. The zero-order chi connectivity index (χ0) is 18.0. The molecule has 6 nitrogen and oxygen atoms in total. The van der Waals surface area contributed by atoms with E-state index in [1.807, 2.05) is 6.92 Å². The van der Waals surface area contributed by atoms with E-state index in [9.17, 15) is 5.11 Å². The highest BCUT2D eigenvalue weighted by atomic mass is 16.5. The number of hydrogen-bond acceptors (Lipinski definition) is 6. The van der Waals surface area contributed by atoms with E-state index in [1.54, 1.807) is 0 Å². The summed E-state index contributed by atoms with van der Waals surface area (Å²) in [5, 5.41) is 13.4. The number of aliphatic hydroxyl groups is 1. The van der Waals surface area contributed by atoms with Crippen LogP contribution in [0.4, 0.5) is 0 Å². The highest BCUT2D eigenvalue weighted by Gasteiger charge is 2.54. The van der Waals surface area contributed by atoms with Crippen LogP contribution in [0.5, 0.6) is 0 Å². The molecule has 26 heavy (non-hydrogen) atoms. The van der Waals surface area contributed by atoms with Gasteiger partial charge in [0.25, 0.3) is 0 Å². The standard InChI is InChI=1S/C20H28N4O2/c1-16-21-19(26-22-16)20-14-23(11-12-25)10-8-18(20)13-24(15-20)9-7-17-5-3-2-4-6-17/h2-6,18,25H,7-15H2,1H3/t18-,20-/m0/s1. The van der Waals surface area contributed by atoms with E-state index >= 15 is 0 Å². The predicted octanol–water partition coefficient (Wildman–Crippen LogP) is 1.49. The first-order valence-corrected chi connectivity index (χ1v) is 9.60. The summed E-state index contributed by atoms with van der Waals surface area (Å²) >= 11 is 0. The van der Waals surface area contributed by atoms with Gasteiger partial charge in [-0.1, -0.05) is 35.5 Å². The zero-order valence-electron chi connectivity index (χ0n) is 15.5. The number of hydrogen-bond donors (Lipinski definition) is 1. The summed E-state index contributed by atoms with van der Waals surface area (Å²) in [6.45, 7) is 7.81. The van der Waals surface area contributed by atoms with Crippen molar-refractivity contribution in [2.75, 3.05) is 45.9 Å². The summed E-state index contributed by atoms with van der Waals surface area (Å²) in [6.07, 6.45) is 2.18. The molecule has 2 aromatic rings. The number of piperidine rings is 1. The van der Waals surface area contributed by atoms with Crippen molar-refractivity contribution in [2.45, 2.75) is 25.2 Å². The highest BCUT2D eigenvalue weighted by molar-refractivity contribution is 5.19. The van der Waals surface area contributed by atoms with E-state index in [1.165, 1.54) is 5.56 Å². The molecule has 0 bridgehead atoms. The van der Waals surface area contributed by atoms with E-state index < -0.39 is 0 Å². The second-order valence-electron chi connectivity index (χ2n) is 7.76. The lowest BCUT2D eigenvalue weighted by atomic mass is 9.73. The van der Waals surface area contributed by atoms with Gasteiger partial charge in [0.05, 0.1) is 12.0 Å². The summed E-state index contributed by atoms with van der Waals surface area (Å²) in [6, 6.07) is 10.7. The van der Waals surface area contributed by atoms with Crippen LogP contribution in [0.2, 0.25) is 0 Å². The molecule has 0 unspecified atom stereocenters. The van der Waals surface area contributed by atoms with Gasteiger partial charge < -0.3 is 14.5 Å². The van der Waals surface area contributed by atoms with Crippen molar-refractivity contribution in [2.24, 2.45) is 5.92 Å². The maximum absolute atomic E-state index is 9.38. The molecule has 6 heteroatoms. The third-order valence-corrected chi connectivity index (χ3v) is 5.99. The van der Waals surface area contributed by atoms with Gasteiger partial charge in [-0.15, -0.1) is 0 Å². The molecule has 0 amide bonds. The fourth-order valence-electron chi connectivity index (χ4n) is 4.69. The monoisotopic (exact) mass is 356 g/mol. The Balaban J connectivity index is 1.52. The summed E-state index contributed by atoms with van der Waals surface area (Å²) in [4.78, 5) is 9.52. The molecule has 1 N–H and O–H groups in total. The van der Waals surface area contributed by atoms with Crippen LogP contribution in [0.15, 0.2) is 34.9 Å². The molecule has 0 radical (unpaired) electrons. The van der Waals surface area contributed by atoms with Crippen molar-refractivity contribution >= 4 is 0 Å². The summed E-state index contributed by atoms with van der Waals surface area (Å²) < 4.78 is 5.67. The zero-order valence-corrected chi connectivity index (χ0v) is 15.5. The molecular weight excluding hydrogens is 328 g/mol. The fraction of sp³-hybridized carbons (Fsp3) is 0.600. The van der Waals surface area contributed by atoms with Crippen molar-refractivity contribution < 1.29 is 9.63 Å². The molecule has 2 atom stereocenters. The summed E-state index contributed by atoms with van der Waals surface area (Å²) in [5.41, 5.74) is 1.28. The lowest BCUT2D eigenvalue weighted by molar-refractivity contribution is 0.0786. The van der Waals surface area contributed by atoms with E-state index in [-0.39, 0.29) is 12.0 Å². The van der Waals surface area contributed by atoms with Crippen molar-refractivity contribution in [3.8, 4) is 0 Å². The molecule has 1 aromatic carbocycles. The topological polar surface area (TPSA) is 65.6 Å². The molecule has 1 aromatic heterocycles. The van der Waals surface area contributed by atoms with Crippen molar-refractivity contribution in [1.82, 2.24) is 19.9 Å². The number of β-amino-alcohol motifs (C(OH)–C–C–N with tert-alkyl or cyclic N) is 1. The average molecular weight is 356 g/mol. The van der Waals surface area contributed by atoms with Crippen LogP contribution in [0.3, 0.4) is 0 Å². The third kappa shape index (κ3) is 3.41. The Labute approximate surface area is 154 Å². The Morgan fingerprint density at radius 1 is 1.19 bits per heavy atom. The first-order valence-electron chi connectivity index (χ1n) is 9.60. The van der Waals surface area contributed by atoms with Gasteiger partial charge in [-0.2, -0.15) is 4.98 Å². The minimum atomic E-state index is -0.106. The van der Waals surface area contributed by atoms with Crippen LogP contribution in [-0.2, 0) is 11.8 Å². The van der Waals surface area contributed by atoms with Gasteiger partial charge in [0, 0.05) is 32.7 Å². The van der Waals surface area contributed by atoms with Gasteiger partial charge in [0.2, 0.25) is 5.89 Å². The molecular formula is C20H28N4O2. The van der Waals surface area contributed by atoms with Crippen LogP contribution in [0.1, 0.15) is 23.7 Å². The van der Waals surface area contributed by atoms with Crippen molar-refractivity contribution in [3.05, 3.63) is 47.6 Å². The number of aryl methyl sites for hydroxylation is 1. The molecule has 2 fully saturated rings. The Morgan fingerprint density at radius 2 is 2.00 bits per heavy atom. The summed E-state index contributed by atoms with van der Waals surface area (Å²) in [5.74, 6) is 2.02. The molecule has 140 valence electrons. The number of benzene rings is 1. The van der Waals surface area contributed by atoms with Gasteiger partial charge in [-0.25, -0.2) is 0 Å². The second-order valence-corrected chi connectivity index (χ2v) is 7.76. The highest BCUT2D eigenvalue weighted by Crippen LogP contribution is 2.43. The number of aliphatic hydroxyl groups excluding tert-OH is 1. The number of nitrogens with zero attached hydrogens (tertiary/aromatic N) is 4. The molecule has 2 aliphatic heterocycles. The molecule has 0 spiro atoms. The average Bonchev–Trinajstić information content (AvgIpc) is 3.25. The molecule has 0 saturated carbocycles. The Kier molecular flexibility index (Phi) is 5.07. The van der Waals surface area contributed by atoms with Crippen molar-refractivity contribution in [3.63, 3.8) is 0 Å². The largest absolute Gasteiger partial charge is 0.395 e. The fourth-order valence-corrected chi connectivity index (χ4v) is 4.69. The van der Waals surface area contributed by atoms with Crippen molar-refractivity contribution in [1.29, 1.82) is 0 Å². The van der Waals surface area contributed by atoms with E-state index in [0.29, 0.717) is 18.3 Å².